The van der Waals surface area contributed by atoms with Crippen LogP contribution in [-0.2, 0) is 13.0 Å². The number of hydrogen-bond donors (Lipinski definition) is 3. The van der Waals surface area contributed by atoms with Crippen LogP contribution in [0.15, 0.2) is 48.7 Å². The Labute approximate surface area is 166 Å². The molecule has 3 aromatic rings. The summed E-state index contributed by atoms with van der Waals surface area (Å²) in [5, 5.41) is 9.99. The number of anilines is 1. The summed E-state index contributed by atoms with van der Waals surface area (Å²) >= 11 is 0. The minimum Gasteiger partial charge on any atom is -0.507 e. The van der Waals surface area contributed by atoms with E-state index in [1.807, 2.05) is 18.2 Å². The number of primary amides is 1. The van der Waals surface area contributed by atoms with Crippen LogP contribution in [0, 0.1) is 0 Å². The Morgan fingerprint density at radius 2 is 1.86 bits per heavy atom. The zero-order valence-electron chi connectivity index (χ0n) is 15.5. The quantitative estimate of drug-likeness (QED) is 0.624. The lowest BCUT2D eigenvalue weighted by molar-refractivity contribution is 0.0731. The average Bonchev–Trinajstić information content (AvgIpc) is 2.72. The number of carbonyl (C=O) groups is 2. The molecule has 2 heterocycles. The molecule has 0 atom stereocenters. The Kier molecular flexibility index (Phi) is 4.59. The summed E-state index contributed by atoms with van der Waals surface area (Å²) in [4.78, 5) is 34.3. The first-order chi connectivity index (χ1) is 13.9. The van der Waals surface area contributed by atoms with E-state index in [1.165, 1.54) is 12.3 Å². The second kappa shape index (κ2) is 7.23. The summed E-state index contributed by atoms with van der Waals surface area (Å²) in [5.74, 6) is -0.879. The van der Waals surface area contributed by atoms with Gasteiger partial charge in [-0.3, -0.25) is 9.59 Å². The molecule has 0 radical (unpaired) electrons. The molecule has 0 aliphatic carbocycles. The van der Waals surface area contributed by atoms with Crippen LogP contribution in [-0.4, -0.2) is 38.3 Å². The van der Waals surface area contributed by atoms with Crippen LogP contribution in [0.4, 0.5) is 5.95 Å². The number of phenolic OH excluding ortho intramolecular Hbond substituents is 1. The van der Waals surface area contributed by atoms with Crippen molar-refractivity contribution in [2.45, 2.75) is 13.0 Å². The third-order valence-corrected chi connectivity index (χ3v) is 4.99. The number of carbonyl (C=O) groups excluding carboxylic acids is 2. The molecule has 1 aliphatic heterocycles. The minimum atomic E-state index is -0.644. The molecule has 8 heteroatoms. The van der Waals surface area contributed by atoms with E-state index in [0.717, 1.165) is 11.1 Å². The summed E-state index contributed by atoms with van der Waals surface area (Å²) in [7, 11) is 0. The van der Waals surface area contributed by atoms with Gasteiger partial charge in [0.2, 0.25) is 5.95 Å². The number of nitrogens with zero attached hydrogens (tertiary/aromatic N) is 3. The number of hydrogen-bond acceptors (Lipinski definition) is 6. The van der Waals surface area contributed by atoms with Gasteiger partial charge in [-0.1, -0.05) is 24.3 Å². The summed E-state index contributed by atoms with van der Waals surface area (Å²) in [6.45, 7) is 0.926. The predicted molar refractivity (Wildman–Crippen MR) is 107 cm³/mol. The molecule has 4 rings (SSSR count). The number of nitrogen functional groups attached to an aromatic ring is 1. The standard InChI is InChI=1S/C21H19N5O3/c22-19(28)16-10-24-21(23)25-18(16)13-6-5-12-7-8-26(11-14(12)9-13)20(29)15-3-1-2-4-17(15)27/h1-6,9-10,27H,7-8,11H2,(H2,22,28)(H2,23,24,25). The van der Waals surface area contributed by atoms with Crippen LogP contribution in [0.2, 0.25) is 0 Å². The third-order valence-electron chi connectivity index (χ3n) is 4.99. The van der Waals surface area contributed by atoms with Crippen LogP contribution in [0.3, 0.4) is 0 Å². The summed E-state index contributed by atoms with van der Waals surface area (Å²) < 4.78 is 0. The van der Waals surface area contributed by atoms with E-state index >= 15 is 0 Å². The lowest BCUT2D eigenvalue weighted by Crippen LogP contribution is -2.36. The molecule has 0 bridgehead atoms. The highest BCUT2D eigenvalue weighted by Gasteiger charge is 2.24. The number of aromatic nitrogens is 2. The third kappa shape index (κ3) is 3.47. The van der Waals surface area contributed by atoms with Crippen molar-refractivity contribution in [3.8, 4) is 17.0 Å². The number of amides is 2. The predicted octanol–water partition coefficient (Wildman–Crippen LogP) is 1.73. The first-order valence-electron chi connectivity index (χ1n) is 9.06. The molecule has 146 valence electrons. The van der Waals surface area contributed by atoms with Gasteiger partial charge >= 0.3 is 0 Å². The zero-order valence-corrected chi connectivity index (χ0v) is 15.5. The van der Waals surface area contributed by atoms with E-state index in [4.69, 9.17) is 11.5 Å². The number of phenols is 1. The largest absolute Gasteiger partial charge is 0.507 e. The van der Waals surface area contributed by atoms with Crippen LogP contribution in [0.25, 0.3) is 11.3 Å². The molecule has 2 amide bonds. The normalized spacial score (nSPS) is 13.0. The van der Waals surface area contributed by atoms with E-state index in [-0.39, 0.29) is 28.7 Å². The monoisotopic (exact) mass is 389 g/mol. The molecule has 0 fully saturated rings. The molecule has 5 N–H and O–H groups in total. The fourth-order valence-electron chi connectivity index (χ4n) is 3.50. The molecular formula is C21H19N5O3. The topological polar surface area (TPSA) is 135 Å². The van der Waals surface area contributed by atoms with Crippen LogP contribution < -0.4 is 11.5 Å². The second-order valence-electron chi connectivity index (χ2n) is 6.83. The van der Waals surface area contributed by atoms with Gasteiger partial charge in [-0.15, -0.1) is 0 Å². The van der Waals surface area contributed by atoms with Gasteiger partial charge < -0.3 is 21.5 Å². The van der Waals surface area contributed by atoms with Gasteiger partial charge in [0.25, 0.3) is 11.8 Å². The molecule has 0 unspecified atom stereocenters. The number of aromatic hydroxyl groups is 1. The average molecular weight is 389 g/mol. The van der Waals surface area contributed by atoms with Gasteiger partial charge in [0.15, 0.2) is 0 Å². The highest BCUT2D eigenvalue weighted by atomic mass is 16.3. The summed E-state index contributed by atoms with van der Waals surface area (Å²) in [5.41, 5.74) is 14.7. The second-order valence-corrected chi connectivity index (χ2v) is 6.83. The van der Waals surface area contributed by atoms with E-state index in [9.17, 15) is 14.7 Å². The molecule has 0 spiro atoms. The molecule has 29 heavy (non-hydrogen) atoms. The van der Waals surface area contributed by atoms with Gasteiger partial charge in [-0.2, -0.15) is 0 Å². The number of fused-ring (bicyclic) bond motifs is 1. The zero-order chi connectivity index (χ0) is 20.5. The van der Waals surface area contributed by atoms with Crippen molar-refractivity contribution in [2.24, 2.45) is 5.73 Å². The molecule has 0 saturated carbocycles. The molecular weight excluding hydrogens is 370 g/mol. The lowest BCUT2D eigenvalue weighted by Gasteiger charge is -2.29. The Morgan fingerprint density at radius 3 is 2.62 bits per heavy atom. The van der Waals surface area contributed by atoms with Gasteiger partial charge in [0.1, 0.15) is 5.75 Å². The maximum absolute atomic E-state index is 12.8. The fourth-order valence-corrected chi connectivity index (χ4v) is 3.50. The van der Waals surface area contributed by atoms with Crippen LogP contribution in [0.5, 0.6) is 5.75 Å². The van der Waals surface area contributed by atoms with E-state index < -0.39 is 5.91 Å². The van der Waals surface area contributed by atoms with E-state index in [2.05, 4.69) is 9.97 Å². The Morgan fingerprint density at radius 1 is 1.07 bits per heavy atom. The number of nitrogens with two attached hydrogens (primary N) is 2. The lowest BCUT2D eigenvalue weighted by atomic mass is 9.94. The maximum atomic E-state index is 12.8. The number of rotatable bonds is 3. The van der Waals surface area contributed by atoms with Crippen LogP contribution in [0.1, 0.15) is 31.8 Å². The Bertz CT molecular complexity index is 1130. The first kappa shape index (κ1) is 18.4. The molecule has 1 aromatic heterocycles. The SMILES string of the molecule is NC(=O)c1cnc(N)nc1-c1ccc2c(c1)CN(C(=O)c1ccccc1O)CC2. The van der Waals surface area contributed by atoms with Crippen molar-refractivity contribution in [1.29, 1.82) is 0 Å². The first-order valence-corrected chi connectivity index (χ1v) is 9.06. The minimum absolute atomic E-state index is 0.0408. The van der Waals surface area contributed by atoms with Crippen LogP contribution >= 0.6 is 0 Å². The van der Waals surface area contributed by atoms with Gasteiger partial charge in [-0.25, -0.2) is 9.97 Å². The number of para-hydroxylation sites is 1. The Hall–Kier alpha value is -3.94. The number of benzene rings is 2. The van der Waals surface area contributed by atoms with E-state index in [0.29, 0.717) is 30.8 Å². The van der Waals surface area contributed by atoms with Crippen molar-refractivity contribution in [1.82, 2.24) is 14.9 Å². The van der Waals surface area contributed by atoms with Gasteiger partial charge in [0, 0.05) is 24.8 Å². The molecule has 2 aromatic carbocycles. The van der Waals surface area contributed by atoms with Gasteiger partial charge in [0.05, 0.1) is 16.8 Å². The highest BCUT2D eigenvalue weighted by Crippen LogP contribution is 2.29. The fraction of sp³-hybridized carbons (Fsp3) is 0.143. The van der Waals surface area contributed by atoms with Crippen molar-refractivity contribution in [3.63, 3.8) is 0 Å². The smallest absolute Gasteiger partial charge is 0.257 e. The molecule has 0 saturated heterocycles. The Balaban J connectivity index is 1.68. The summed E-state index contributed by atoms with van der Waals surface area (Å²) in [6.07, 6.45) is 2.00. The van der Waals surface area contributed by atoms with Crippen molar-refractivity contribution >= 4 is 17.8 Å². The van der Waals surface area contributed by atoms with Gasteiger partial charge in [-0.05, 0) is 35.7 Å². The highest BCUT2D eigenvalue weighted by molar-refractivity contribution is 5.99. The van der Waals surface area contributed by atoms with E-state index in [1.54, 1.807) is 23.1 Å². The van der Waals surface area contributed by atoms with Crippen molar-refractivity contribution in [2.75, 3.05) is 12.3 Å². The summed E-state index contributed by atoms with van der Waals surface area (Å²) in [6, 6.07) is 12.2. The maximum Gasteiger partial charge on any atom is 0.257 e. The van der Waals surface area contributed by atoms with Crippen molar-refractivity contribution < 1.29 is 14.7 Å². The molecule has 8 nitrogen and oxygen atoms in total. The molecule has 1 aliphatic rings. The van der Waals surface area contributed by atoms with Crippen molar-refractivity contribution in [3.05, 3.63) is 70.9 Å².